The number of nitrogens with zero attached hydrogens (tertiary/aromatic N) is 4. The molecule has 2 N–H and O–H groups in total. The van der Waals surface area contributed by atoms with E-state index in [4.69, 9.17) is 0 Å². The number of aryl methyl sites for hydroxylation is 1. The van der Waals surface area contributed by atoms with Crippen LogP contribution in [0.2, 0.25) is 0 Å². The Morgan fingerprint density at radius 2 is 2.25 bits per heavy atom. The van der Waals surface area contributed by atoms with Gasteiger partial charge in [0.1, 0.15) is 23.5 Å². The fourth-order valence-electron chi connectivity index (χ4n) is 3.85. The first-order chi connectivity index (χ1) is 13.6. The number of piperidine rings is 1. The molecule has 0 aromatic carbocycles. The highest BCUT2D eigenvalue weighted by Crippen LogP contribution is 2.28. The van der Waals surface area contributed by atoms with E-state index in [-0.39, 0.29) is 23.8 Å². The molecular formula is C20H24N6O2. The second kappa shape index (κ2) is 7.84. The molecule has 1 atom stereocenters. The summed E-state index contributed by atoms with van der Waals surface area (Å²) in [5, 5.41) is 4.00. The van der Waals surface area contributed by atoms with Crippen molar-refractivity contribution in [3.05, 3.63) is 47.3 Å². The number of carbonyl (C=O) groups is 1. The molecule has 4 heterocycles. The predicted octanol–water partition coefficient (Wildman–Crippen LogP) is 1.94. The van der Waals surface area contributed by atoms with Gasteiger partial charge in [0.2, 0.25) is 0 Å². The summed E-state index contributed by atoms with van der Waals surface area (Å²) in [5.41, 5.74) is 1.16. The molecule has 0 aliphatic carbocycles. The maximum atomic E-state index is 12.5. The van der Waals surface area contributed by atoms with Crippen LogP contribution in [0.4, 0.5) is 11.5 Å². The van der Waals surface area contributed by atoms with Crippen molar-refractivity contribution in [2.45, 2.75) is 19.3 Å². The SMILES string of the molecule is Cn1cccc(NCC(=O)CC2CCCN(c3ncnc4[nH]ccc34)C2)c1=O. The molecule has 1 unspecified atom stereocenters. The molecule has 1 aliphatic heterocycles. The zero-order valence-corrected chi connectivity index (χ0v) is 15.9. The van der Waals surface area contributed by atoms with Gasteiger partial charge >= 0.3 is 0 Å². The standard InChI is InChI=1S/C20H24N6O2/c1-25-8-3-5-17(20(25)28)22-11-15(27)10-14-4-2-9-26(12-14)19-16-6-7-21-18(16)23-13-24-19/h3,5-8,13-14,22H,2,4,9-12H2,1H3,(H,21,23,24). The monoisotopic (exact) mass is 380 g/mol. The van der Waals surface area contributed by atoms with Gasteiger partial charge in [-0.15, -0.1) is 0 Å². The van der Waals surface area contributed by atoms with E-state index in [0.29, 0.717) is 12.1 Å². The number of Topliss-reactive ketones (excluding diaryl/α,β-unsaturated/α-hetero) is 1. The summed E-state index contributed by atoms with van der Waals surface area (Å²) in [4.78, 5) is 38.6. The number of aromatic amines is 1. The average Bonchev–Trinajstić information content (AvgIpc) is 3.18. The van der Waals surface area contributed by atoms with Gasteiger partial charge in [-0.1, -0.05) is 0 Å². The van der Waals surface area contributed by atoms with Gasteiger partial charge in [0.05, 0.1) is 11.9 Å². The van der Waals surface area contributed by atoms with Crippen LogP contribution in [0.1, 0.15) is 19.3 Å². The molecule has 1 fully saturated rings. The number of ketones is 1. The summed E-state index contributed by atoms with van der Waals surface area (Å²) in [6.07, 6.45) is 7.69. The molecule has 3 aromatic heterocycles. The van der Waals surface area contributed by atoms with Crippen molar-refractivity contribution in [1.82, 2.24) is 19.5 Å². The van der Waals surface area contributed by atoms with Crippen molar-refractivity contribution in [2.75, 3.05) is 29.9 Å². The number of rotatable bonds is 6. The second-order valence-corrected chi connectivity index (χ2v) is 7.33. The van der Waals surface area contributed by atoms with Crippen LogP contribution in [0.25, 0.3) is 11.0 Å². The van der Waals surface area contributed by atoms with Crippen LogP contribution in [0.5, 0.6) is 0 Å². The van der Waals surface area contributed by atoms with Crippen LogP contribution in [0.3, 0.4) is 0 Å². The minimum atomic E-state index is -0.126. The number of H-pyrrole nitrogens is 1. The van der Waals surface area contributed by atoms with E-state index < -0.39 is 0 Å². The quantitative estimate of drug-likeness (QED) is 0.679. The number of nitrogens with one attached hydrogen (secondary N) is 2. The van der Waals surface area contributed by atoms with E-state index in [2.05, 4.69) is 25.2 Å². The fourth-order valence-corrected chi connectivity index (χ4v) is 3.85. The highest BCUT2D eigenvalue weighted by molar-refractivity contribution is 5.87. The van der Waals surface area contributed by atoms with Gasteiger partial charge in [-0.2, -0.15) is 0 Å². The smallest absolute Gasteiger partial charge is 0.273 e. The number of anilines is 2. The molecule has 1 aliphatic rings. The van der Waals surface area contributed by atoms with Gasteiger partial charge in [0.25, 0.3) is 5.56 Å². The normalized spacial score (nSPS) is 17.0. The lowest BCUT2D eigenvalue weighted by atomic mass is 9.92. The minimum Gasteiger partial charge on any atom is -0.374 e. The molecule has 0 saturated carbocycles. The second-order valence-electron chi connectivity index (χ2n) is 7.33. The molecule has 3 aromatic rings. The average molecular weight is 380 g/mol. The third-order valence-corrected chi connectivity index (χ3v) is 5.27. The number of hydrogen-bond acceptors (Lipinski definition) is 6. The number of fused-ring (bicyclic) bond motifs is 1. The van der Waals surface area contributed by atoms with E-state index in [1.807, 2.05) is 12.3 Å². The van der Waals surface area contributed by atoms with Gasteiger partial charge in [-0.3, -0.25) is 9.59 Å². The van der Waals surface area contributed by atoms with Gasteiger partial charge in [0, 0.05) is 39.0 Å². The lowest BCUT2D eigenvalue weighted by Gasteiger charge is -2.33. The first-order valence-corrected chi connectivity index (χ1v) is 9.56. The molecular weight excluding hydrogens is 356 g/mol. The van der Waals surface area contributed by atoms with Crippen LogP contribution in [0, 0.1) is 5.92 Å². The molecule has 8 heteroatoms. The topological polar surface area (TPSA) is 95.9 Å². The van der Waals surface area contributed by atoms with Crippen molar-refractivity contribution >= 4 is 28.3 Å². The number of aromatic nitrogens is 4. The van der Waals surface area contributed by atoms with Crippen molar-refractivity contribution in [3.8, 4) is 0 Å². The maximum absolute atomic E-state index is 12.5. The number of carbonyl (C=O) groups excluding carboxylic acids is 1. The first-order valence-electron chi connectivity index (χ1n) is 9.56. The summed E-state index contributed by atoms with van der Waals surface area (Å²) >= 11 is 0. The number of hydrogen-bond donors (Lipinski definition) is 2. The Bertz CT molecular complexity index is 1040. The highest BCUT2D eigenvalue weighted by atomic mass is 16.1. The third kappa shape index (κ3) is 3.76. The molecule has 0 spiro atoms. The third-order valence-electron chi connectivity index (χ3n) is 5.27. The van der Waals surface area contributed by atoms with Crippen LogP contribution >= 0.6 is 0 Å². The summed E-state index contributed by atoms with van der Waals surface area (Å²) < 4.78 is 1.50. The summed E-state index contributed by atoms with van der Waals surface area (Å²) in [6.45, 7) is 1.90. The summed E-state index contributed by atoms with van der Waals surface area (Å²) in [5.74, 6) is 1.33. The molecule has 8 nitrogen and oxygen atoms in total. The van der Waals surface area contributed by atoms with Crippen molar-refractivity contribution in [2.24, 2.45) is 13.0 Å². The Hall–Kier alpha value is -3.16. The molecule has 1 saturated heterocycles. The Balaban J connectivity index is 1.37. The first kappa shape index (κ1) is 18.2. The van der Waals surface area contributed by atoms with E-state index >= 15 is 0 Å². The van der Waals surface area contributed by atoms with E-state index in [0.717, 1.165) is 42.8 Å². The largest absolute Gasteiger partial charge is 0.374 e. The zero-order chi connectivity index (χ0) is 19.5. The number of pyridine rings is 1. The Labute approximate surface area is 162 Å². The van der Waals surface area contributed by atoms with Crippen LogP contribution < -0.4 is 15.8 Å². The lowest BCUT2D eigenvalue weighted by molar-refractivity contribution is -0.118. The van der Waals surface area contributed by atoms with Crippen LogP contribution in [0.15, 0.2) is 41.7 Å². The van der Waals surface area contributed by atoms with Crippen LogP contribution in [-0.2, 0) is 11.8 Å². The van der Waals surface area contributed by atoms with Crippen molar-refractivity contribution in [1.29, 1.82) is 0 Å². The van der Waals surface area contributed by atoms with Crippen LogP contribution in [-0.4, -0.2) is 44.9 Å². The van der Waals surface area contributed by atoms with Crippen molar-refractivity contribution < 1.29 is 4.79 Å². The molecule has 0 radical (unpaired) electrons. The Morgan fingerprint density at radius 1 is 1.36 bits per heavy atom. The van der Waals surface area contributed by atoms with Gasteiger partial charge in [0.15, 0.2) is 5.78 Å². The molecule has 4 rings (SSSR count). The Morgan fingerprint density at radius 3 is 3.14 bits per heavy atom. The van der Waals surface area contributed by atoms with Gasteiger partial charge < -0.3 is 19.8 Å². The van der Waals surface area contributed by atoms with Gasteiger partial charge in [-0.25, -0.2) is 9.97 Å². The Kier molecular flexibility index (Phi) is 5.10. The van der Waals surface area contributed by atoms with E-state index in [1.54, 1.807) is 31.7 Å². The van der Waals surface area contributed by atoms with E-state index in [1.165, 1.54) is 4.57 Å². The molecule has 0 bridgehead atoms. The molecule has 28 heavy (non-hydrogen) atoms. The molecule has 146 valence electrons. The van der Waals surface area contributed by atoms with Crippen molar-refractivity contribution in [3.63, 3.8) is 0 Å². The van der Waals surface area contributed by atoms with Gasteiger partial charge in [-0.05, 0) is 37.0 Å². The van der Waals surface area contributed by atoms with E-state index in [9.17, 15) is 9.59 Å². The predicted molar refractivity (Wildman–Crippen MR) is 109 cm³/mol. The fraction of sp³-hybridized carbons (Fsp3) is 0.400. The minimum absolute atomic E-state index is 0.118. The molecule has 0 amide bonds. The summed E-state index contributed by atoms with van der Waals surface area (Å²) in [7, 11) is 1.69. The highest BCUT2D eigenvalue weighted by Gasteiger charge is 2.24. The summed E-state index contributed by atoms with van der Waals surface area (Å²) in [6, 6.07) is 5.48. The maximum Gasteiger partial charge on any atom is 0.273 e. The lowest BCUT2D eigenvalue weighted by Crippen LogP contribution is -2.37. The zero-order valence-electron chi connectivity index (χ0n) is 15.9.